The SMILES string of the molecule is CC.CCCCC(=O)c1[nH]c2ccc(F)cc2c1C. The van der Waals surface area contributed by atoms with Crippen LogP contribution in [-0.2, 0) is 0 Å². The fraction of sp³-hybridized carbons (Fsp3) is 0.438. The number of carbonyl (C=O) groups is 1. The van der Waals surface area contributed by atoms with Gasteiger partial charge in [-0.25, -0.2) is 4.39 Å². The van der Waals surface area contributed by atoms with Gasteiger partial charge in [-0.1, -0.05) is 27.2 Å². The number of halogens is 1. The van der Waals surface area contributed by atoms with E-state index < -0.39 is 0 Å². The third-order valence-electron chi connectivity index (χ3n) is 3.06. The second-order valence-corrected chi connectivity index (χ2v) is 4.34. The van der Waals surface area contributed by atoms with Crippen LogP contribution in [0.4, 0.5) is 4.39 Å². The number of hydrogen-bond donors (Lipinski definition) is 1. The van der Waals surface area contributed by atoms with E-state index in [1.807, 2.05) is 20.8 Å². The van der Waals surface area contributed by atoms with Crippen molar-refractivity contribution in [3.05, 3.63) is 35.3 Å². The lowest BCUT2D eigenvalue weighted by atomic mass is 10.1. The molecule has 0 unspecified atom stereocenters. The normalized spacial score (nSPS) is 10.2. The van der Waals surface area contributed by atoms with Crippen molar-refractivity contribution in [2.75, 3.05) is 0 Å². The van der Waals surface area contributed by atoms with E-state index in [1.165, 1.54) is 12.1 Å². The topological polar surface area (TPSA) is 32.9 Å². The van der Waals surface area contributed by atoms with Crippen molar-refractivity contribution >= 4 is 16.7 Å². The molecule has 0 aliphatic heterocycles. The molecule has 104 valence electrons. The summed E-state index contributed by atoms with van der Waals surface area (Å²) >= 11 is 0. The van der Waals surface area contributed by atoms with Gasteiger partial charge in [-0.3, -0.25) is 4.79 Å². The number of hydrogen-bond acceptors (Lipinski definition) is 1. The fourth-order valence-corrected chi connectivity index (χ4v) is 2.04. The Morgan fingerprint density at radius 2 is 2.00 bits per heavy atom. The molecule has 0 amide bonds. The highest BCUT2D eigenvalue weighted by Crippen LogP contribution is 2.23. The van der Waals surface area contributed by atoms with Crippen LogP contribution in [0, 0.1) is 12.7 Å². The number of carbonyl (C=O) groups excluding carboxylic acids is 1. The minimum atomic E-state index is -0.271. The summed E-state index contributed by atoms with van der Waals surface area (Å²) in [6, 6.07) is 4.55. The number of fused-ring (bicyclic) bond motifs is 1. The Morgan fingerprint density at radius 1 is 1.32 bits per heavy atom. The average molecular weight is 263 g/mol. The van der Waals surface area contributed by atoms with Gasteiger partial charge in [0.05, 0.1) is 5.69 Å². The predicted molar refractivity (Wildman–Crippen MR) is 78.2 cm³/mol. The number of H-pyrrole nitrogens is 1. The first-order chi connectivity index (χ1) is 9.13. The molecule has 1 aromatic carbocycles. The Balaban J connectivity index is 0.000000861. The van der Waals surface area contributed by atoms with Gasteiger partial charge in [-0.15, -0.1) is 0 Å². The smallest absolute Gasteiger partial charge is 0.179 e. The lowest BCUT2D eigenvalue weighted by Crippen LogP contribution is -2.00. The second-order valence-electron chi connectivity index (χ2n) is 4.34. The summed E-state index contributed by atoms with van der Waals surface area (Å²) in [6.45, 7) is 7.91. The van der Waals surface area contributed by atoms with Crippen molar-refractivity contribution in [3.63, 3.8) is 0 Å². The van der Waals surface area contributed by atoms with Gasteiger partial charge in [-0.2, -0.15) is 0 Å². The van der Waals surface area contributed by atoms with Gasteiger partial charge in [-0.05, 0) is 37.1 Å². The van der Waals surface area contributed by atoms with Crippen LogP contribution in [0.25, 0.3) is 10.9 Å². The number of Topliss-reactive ketones (excluding diaryl/α,β-unsaturated/α-hetero) is 1. The van der Waals surface area contributed by atoms with Gasteiger partial charge in [0.15, 0.2) is 5.78 Å². The lowest BCUT2D eigenvalue weighted by molar-refractivity contribution is 0.0975. The Labute approximate surface area is 114 Å². The van der Waals surface area contributed by atoms with Crippen LogP contribution in [0.2, 0.25) is 0 Å². The average Bonchev–Trinajstić information content (AvgIpc) is 2.76. The van der Waals surface area contributed by atoms with Crippen LogP contribution in [0.15, 0.2) is 18.2 Å². The molecule has 0 spiro atoms. The molecule has 2 nitrogen and oxygen atoms in total. The molecular weight excluding hydrogens is 241 g/mol. The van der Waals surface area contributed by atoms with Crippen LogP contribution in [0.5, 0.6) is 0 Å². The summed E-state index contributed by atoms with van der Waals surface area (Å²) in [5, 5.41) is 0.796. The summed E-state index contributed by atoms with van der Waals surface area (Å²) in [4.78, 5) is 15.0. The minimum Gasteiger partial charge on any atom is -0.352 e. The lowest BCUT2D eigenvalue weighted by Gasteiger charge is -1.98. The molecule has 0 saturated heterocycles. The molecule has 0 fully saturated rings. The maximum atomic E-state index is 13.1. The van der Waals surface area contributed by atoms with Gasteiger partial charge in [0.25, 0.3) is 0 Å². The van der Waals surface area contributed by atoms with Crippen LogP contribution >= 0.6 is 0 Å². The summed E-state index contributed by atoms with van der Waals surface area (Å²) in [7, 11) is 0. The van der Waals surface area contributed by atoms with Crippen molar-refractivity contribution in [1.82, 2.24) is 4.98 Å². The highest BCUT2D eigenvalue weighted by Gasteiger charge is 2.14. The van der Waals surface area contributed by atoms with Crippen LogP contribution in [-0.4, -0.2) is 10.8 Å². The molecule has 0 aliphatic carbocycles. The number of unbranched alkanes of at least 4 members (excludes halogenated alkanes) is 1. The van der Waals surface area contributed by atoms with E-state index in [9.17, 15) is 9.18 Å². The Bertz CT molecular complexity index is 557. The van der Waals surface area contributed by atoms with E-state index in [4.69, 9.17) is 0 Å². The van der Waals surface area contributed by atoms with Crippen LogP contribution < -0.4 is 0 Å². The molecule has 0 radical (unpaired) electrons. The van der Waals surface area contributed by atoms with Gasteiger partial charge in [0.1, 0.15) is 5.82 Å². The Morgan fingerprint density at radius 3 is 2.63 bits per heavy atom. The summed E-state index contributed by atoms with van der Waals surface area (Å²) < 4.78 is 13.1. The predicted octanol–water partition coefficient (Wildman–Crippen LogP) is 5.01. The Kier molecular flexibility index (Phi) is 5.74. The van der Waals surface area contributed by atoms with Crippen LogP contribution in [0.1, 0.15) is 56.1 Å². The maximum Gasteiger partial charge on any atom is 0.179 e. The van der Waals surface area contributed by atoms with E-state index in [0.29, 0.717) is 12.1 Å². The molecule has 3 heteroatoms. The molecule has 2 rings (SSSR count). The van der Waals surface area contributed by atoms with Gasteiger partial charge in [0.2, 0.25) is 0 Å². The zero-order valence-corrected chi connectivity index (χ0v) is 12.1. The highest BCUT2D eigenvalue weighted by atomic mass is 19.1. The molecular formula is C16H22FNO. The number of aryl methyl sites for hydroxylation is 1. The molecule has 0 atom stereocenters. The van der Waals surface area contributed by atoms with E-state index in [1.54, 1.807) is 6.07 Å². The van der Waals surface area contributed by atoms with E-state index >= 15 is 0 Å². The Hall–Kier alpha value is -1.64. The maximum absolute atomic E-state index is 13.1. The molecule has 0 saturated carbocycles. The zero-order valence-electron chi connectivity index (χ0n) is 12.1. The van der Waals surface area contributed by atoms with Gasteiger partial charge < -0.3 is 4.98 Å². The van der Waals surface area contributed by atoms with E-state index in [2.05, 4.69) is 11.9 Å². The van der Waals surface area contributed by atoms with Gasteiger partial charge >= 0.3 is 0 Å². The van der Waals surface area contributed by atoms with Crippen molar-refractivity contribution in [2.45, 2.75) is 47.0 Å². The standard InChI is InChI=1S/C14H16FNO.C2H6/c1-3-4-5-13(17)14-9(2)11-8-10(15)6-7-12(11)16-14;1-2/h6-8,16H,3-5H2,1-2H3;1-2H3. The number of rotatable bonds is 4. The zero-order chi connectivity index (χ0) is 14.4. The molecule has 1 aromatic heterocycles. The van der Waals surface area contributed by atoms with E-state index in [0.717, 1.165) is 29.3 Å². The first kappa shape index (κ1) is 15.4. The number of nitrogens with one attached hydrogen (secondary N) is 1. The van der Waals surface area contributed by atoms with Crippen molar-refractivity contribution in [2.24, 2.45) is 0 Å². The molecule has 0 aliphatic rings. The number of ketones is 1. The summed E-state index contributed by atoms with van der Waals surface area (Å²) in [6.07, 6.45) is 2.44. The summed E-state index contributed by atoms with van der Waals surface area (Å²) in [5.74, 6) is -0.159. The molecule has 1 N–H and O–H groups in total. The second kappa shape index (κ2) is 7.07. The van der Waals surface area contributed by atoms with Crippen molar-refractivity contribution in [3.8, 4) is 0 Å². The largest absolute Gasteiger partial charge is 0.352 e. The fourth-order valence-electron chi connectivity index (χ4n) is 2.04. The summed E-state index contributed by atoms with van der Waals surface area (Å²) in [5.41, 5.74) is 2.29. The first-order valence-corrected chi connectivity index (χ1v) is 6.94. The molecule has 19 heavy (non-hydrogen) atoms. The minimum absolute atomic E-state index is 0.112. The number of aromatic nitrogens is 1. The first-order valence-electron chi connectivity index (χ1n) is 6.94. The third kappa shape index (κ3) is 3.43. The molecule has 2 aromatic rings. The van der Waals surface area contributed by atoms with Gasteiger partial charge in [0, 0.05) is 17.3 Å². The number of aromatic amines is 1. The van der Waals surface area contributed by atoms with E-state index in [-0.39, 0.29) is 11.6 Å². The number of benzene rings is 1. The van der Waals surface area contributed by atoms with Crippen LogP contribution in [0.3, 0.4) is 0 Å². The monoisotopic (exact) mass is 263 g/mol. The quantitative estimate of drug-likeness (QED) is 0.772. The third-order valence-corrected chi connectivity index (χ3v) is 3.06. The highest BCUT2D eigenvalue weighted by molar-refractivity contribution is 6.02. The van der Waals surface area contributed by atoms with Crippen molar-refractivity contribution in [1.29, 1.82) is 0 Å². The molecule has 1 heterocycles. The van der Waals surface area contributed by atoms with Crippen molar-refractivity contribution < 1.29 is 9.18 Å². The molecule has 0 bridgehead atoms.